The Hall–Kier alpha value is -2.04. The molecule has 1 atom stereocenters. The summed E-state index contributed by atoms with van der Waals surface area (Å²) < 4.78 is 10.3. The molecule has 0 aliphatic carbocycles. The van der Waals surface area contributed by atoms with Crippen molar-refractivity contribution in [2.75, 3.05) is 13.7 Å². The van der Waals surface area contributed by atoms with Crippen molar-refractivity contribution in [1.82, 2.24) is 5.32 Å². The lowest BCUT2D eigenvalue weighted by Crippen LogP contribution is -2.28. The number of carbonyl (C=O) groups is 2. The van der Waals surface area contributed by atoms with Gasteiger partial charge in [-0.2, -0.15) is 0 Å². The molecule has 1 aromatic carbocycles. The second-order valence-corrected chi connectivity index (χ2v) is 4.05. The fourth-order valence-corrected chi connectivity index (χ4v) is 1.83. The van der Waals surface area contributed by atoms with Crippen molar-refractivity contribution < 1.29 is 19.1 Å². The quantitative estimate of drug-likeness (QED) is 0.796. The lowest BCUT2D eigenvalue weighted by atomic mass is 10.1. The number of esters is 1. The zero-order chi connectivity index (χ0) is 13.0. The minimum absolute atomic E-state index is 0.108. The number of amides is 1. The first-order chi connectivity index (χ1) is 8.70. The van der Waals surface area contributed by atoms with Gasteiger partial charge in [0, 0.05) is 18.5 Å². The molecule has 5 nitrogen and oxygen atoms in total. The Kier molecular flexibility index (Phi) is 3.82. The van der Waals surface area contributed by atoms with Crippen LogP contribution in [0.5, 0.6) is 5.75 Å². The predicted octanol–water partition coefficient (Wildman–Crippen LogP) is 0.669. The first kappa shape index (κ1) is 12.4. The minimum Gasteiger partial charge on any atom is -0.480 e. The first-order valence-corrected chi connectivity index (χ1v) is 5.80. The van der Waals surface area contributed by atoms with Gasteiger partial charge in [-0.15, -0.1) is 0 Å². The molecule has 1 amide bonds. The van der Waals surface area contributed by atoms with Crippen LogP contribution in [0.2, 0.25) is 0 Å². The third-order valence-electron chi connectivity index (χ3n) is 2.80. The molecule has 96 valence electrons. The van der Waals surface area contributed by atoms with Crippen LogP contribution in [0, 0.1) is 0 Å². The standard InChI is InChI=1S/C13H15NO4/c1-17-12(15)8-9-4-2-3-5-10(9)18-11-6-7-14-13(11)16/h2-5,11H,6-8H2,1H3,(H,14,16). The summed E-state index contributed by atoms with van der Waals surface area (Å²) in [7, 11) is 1.34. The lowest BCUT2D eigenvalue weighted by molar-refractivity contribution is -0.139. The highest BCUT2D eigenvalue weighted by Gasteiger charge is 2.26. The van der Waals surface area contributed by atoms with Gasteiger partial charge >= 0.3 is 5.97 Å². The number of carbonyl (C=O) groups excluding carboxylic acids is 2. The zero-order valence-electron chi connectivity index (χ0n) is 10.1. The van der Waals surface area contributed by atoms with Gasteiger partial charge in [0.15, 0.2) is 6.10 Å². The molecule has 1 fully saturated rings. The van der Waals surface area contributed by atoms with Crippen molar-refractivity contribution in [3.8, 4) is 5.75 Å². The second kappa shape index (κ2) is 5.53. The molecule has 5 heteroatoms. The molecule has 0 spiro atoms. The molecule has 1 N–H and O–H groups in total. The SMILES string of the molecule is COC(=O)Cc1ccccc1OC1CCNC1=O. The molecule has 2 rings (SSSR count). The van der Waals surface area contributed by atoms with Crippen molar-refractivity contribution in [3.05, 3.63) is 29.8 Å². The smallest absolute Gasteiger partial charge is 0.310 e. The summed E-state index contributed by atoms with van der Waals surface area (Å²) >= 11 is 0. The van der Waals surface area contributed by atoms with E-state index < -0.39 is 6.10 Å². The molecule has 0 radical (unpaired) electrons. The number of hydrogen-bond acceptors (Lipinski definition) is 4. The van der Waals surface area contributed by atoms with Crippen LogP contribution in [0.3, 0.4) is 0 Å². The summed E-state index contributed by atoms with van der Waals surface area (Å²) in [4.78, 5) is 22.7. The van der Waals surface area contributed by atoms with Gasteiger partial charge in [0.2, 0.25) is 0 Å². The molecule has 1 unspecified atom stereocenters. The van der Waals surface area contributed by atoms with E-state index in [2.05, 4.69) is 10.1 Å². The normalized spacial score (nSPS) is 18.3. The summed E-state index contributed by atoms with van der Waals surface area (Å²) in [5.41, 5.74) is 0.726. The lowest BCUT2D eigenvalue weighted by Gasteiger charge is -2.14. The van der Waals surface area contributed by atoms with Crippen LogP contribution in [0.15, 0.2) is 24.3 Å². The molecular weight excluding hydrogens is 234 g/mol. The Balaban J connectivity index is 2.11. The van der Waals surface area contributed by atoms with E-state index in [1.807, 2.05) is 12.1 Å². The highest BCUT2D eigenvalue weighted by molar-refractivity contribution is 5.83. The fourth-order valence-electron chi connectivity index (χ4n) is 1.83. The van der Waals surface area contributed by atoms with E-state index in [0.717, 1.165) is 5.56 Å². The van der Waals surface area contributed by atoms with Crippen LogP contribution in [-0.4, -0.2) is 31.6 Å². The van der Waals surface area contributed by atoms with Crippen LogP contribution < -0.4 is 10.1 Å². The third-order valence-corrected chi connectivity index (χ3v) is 2.80. The summed E-state index contributed by atoms with van der Waals surface area (Å²) in [5, 5.41) is 2.71. The van der Waals surface area contributed by atoms with Crippen LogP contribution in [0.25, 0.3) is 0 Å². The van der Waals surface area contributed by atoms with E-state index in [1.54, 1.807) is 12.1 Å². The van der Waals surface area contributed by atoms with Crippen molar-refractivity contribution in [1.29, 1.82) is 0 Å². The Labute approximate surface area is 105 Å². The van der Waals surface area contributed by atoms with Crippen molar-refractivity contribution >= 4 is 11.9 Å². The second-order valence-electron chi connectivity index (χ2n) is 4.05. The minimum atomic E-state index is -0.469. The Morgan fingerprint density at radius 2 is 2.22 bits per heavy atom. The number of benzene rings is 1. The maximum absolute atomic E-state index is 11.4. The summed E-state index contributed by atoms with van der Waals surface area (Å²) in [6.45, 7) is 0.628. The summed E-state index contributed by atoms with van der Waals surface area (Å²) in [6, 6.07) is 7.17. The Morgan fingerprint density at radius 3 is 2.89 bits per heavy atom. The molecule has 0 saturated carbocycles. The predicted molar refractivity (Wildman–Crippen MR) is 64.2 cm³/mol. The van der Waals surface area contributed by atoms with Crippen LogP contribution in [0.1, 0.15) is 12.0 Å². The van der Waals surface area contributed by atoms with Gasteiger partial charge in [0.25, 0.3) is 5.91 Å². The zero-order valence-corrected chi connectivity index (χ0v) is 10.1. The molecule has 1 aliphatic rings. The Morgan fingerprint density at radius 1 is 1.44 bits per heavy atom. The molecule has 18 heavy (non-hydrogen) atoms. The van der Waals surface area contributed by atoms with E-state index in [4.69, 9.17) is 4.74 Å². The van der Waals surface area contributed by atoms with E-state index in [1.165, 1.54) is 7.11 Å². The molecule has 0 bridgehead atoms. The van der Waals surface area contributed by atoms with Gasteiger partial charge in [-0.05, 0) is 6.07 Å². The monoisotopic (exact) mass is 249 g/mol. The maximum atomic E-state index is 11.4. The van der Waals surface area contributed by atoms with E-state index in [-0.39, 0.29) is 18.3 Å². The number of nitrogens with one attached hydrogen (secondary N) is 1. The number of rotatable bonds is 4. The van der Waals surface area contributed by atoms with Crippen LogP contribution in [-0.2, 0) is 20.7 Å². The van der Waals surface area contributed by atoms with Crippen LogP contribution in [0.4, 0.5) is 0 Å². The van der Waals surface area contributed by atoms with Gasteiger partial charge < -0.3 is 14.8 Å². The molecule has 0 aromatic heterocycles. The number of hydrogen-bond donors (Lipinski definition) is 1. The van der Waals surface area contributed by atoms with Gasteiger partial charge in [-0.25, -0.2) is 0 Å². The first-order valence-electron chi connectivity index (χ1n) is 5.80. The number of methoxy groups -OCH3 is 1. The van der Waals surface area contributed by atoms with Gasteiger partial charge in [-0.1, -0.05) is 18.2 Å². The summed E-state index contributed by atoms with van der Waals surface area (Å²) in [6.07, 6.45) is 0.315. The summed E-state index contributed by atoms with van der Waals surface area (Å²) in [5.74, 6) is 0.120. The van der Waals surface area contributed by atoms with Crippen molar-refractivity contribution in [2.45, 2.75) is 18.9 Å². The molecule has 1 aromatic rings. The van der Waals surface area contributed by atoms with Gasteiger partial charge in [0.05, 0.1) is 13.5 Å². The van der Waals surface area contributed by atoms with E-state index >= 15 is 0 Å². The van der Waals surface area contributed by atoms with Crippen molar-refractivity contribution in [2.24, 2.45) is 0 Å². The largest absolute Gasteiger partial charge is 0.480 e. The number of ether oxygens (including phenoxy) is 2. The highest BCUT2D eigenvalue weighted by Crippen LogP contribution is 2.22. The number of para-hydroxylation sites is 1. The maximum Gasteiger partial charge on any atom is 0.310 e. The average Bonchev–Trinajstić information content (AvgIpc) is 2.77. The average molecular weight is 249 g/mol. The van der Waals surface area contributed by atoms with Crippen LogP contribution >= 0.6 is 0 Å². The third kappa shape index (κ3) is 2.80. The fraction of sp³-hybridized carbons (Fsp3) is 0.385. The van der Waals surface area contributed by atoms with E-state index in [0.29, 0.717) is 18.7 Å². The van der Waals surface area contributed by atoms with E-state index in [9.17, 15) is 9.59 Å². The van der Waals surface area contributed by atoms with Crippen molar-refractivity contribution in [3.63, 3.8) is 0 Å². The van der Waals surface area contributed by atoms with Gasteiger partial charge in [0.1, 0.15) is 5.75 Å². The van der Waals surface area contributed by atoms with Gasteiger partial charge in [-0.3, -0.25) is 9.59 Å². The highest BCUT2D eigenvalue weighted by atomic mass is 16.5. The molecule has 1 aliphatic heterocycles. The topological polar surface area (TPSA) is 64.6 Å². The Bertz CT molecular complexity index is 458. The molecule has 1 saturated heterocycles. The molecule has 1 heterocycles. The molecular formula is C13H15NO4.